The van der Waals surface area contributed by atoms with E-state index in [0.29, 0.717) is 5.56 Å². The van der Waals surface area contributed by atoms with Crippen LogP contribution in [0, 0.1) is 0 Å². The van der Waals surface area contributed by atoms with Gasteiger partial charge in [-0.3, -0.25) is 25.2 Å². The Balaban J connectivity index is 2.31. The number of carboxylic acid groups (broad SMARTS) is 1. The zero-order valence-electron chi connectivity index (χ0n) is 9.98. The van der Waals surface area contributed by atoms with E-state index in [1.165, 1.54) is 0 Å². The van der Waals surface area contributed by atoms with Crippen LogP contribution in [0.25, 0.3) is 0 Å². The second-order valence-corrected chi connectivity index (χ2v) is 4.67. The van der Waals surface area contributed by atoms with E-state index in [2.05, 4.69) is 26.8 Å². The highest BCUT2D eigenvalue weighted by Gasteiger charge is 2.07. The Morgan fingerprint density at radius 2 is 1.68 bits per heavy atom. The van der Waals surface area contributed by atoms with Gasteiger partial charge in [-0.05, 0) is 30.7 Å². The van der Waals surface area contributed by atoms with Crippen molar-refractivity contribution in [3.63, 3.8) is 0 Å². The van der Waals surface area contributed by atoms with E-state index in [-0.39, 0.29) is 19.3 Å². The lowest BCUT2D eigenvalue weighted by atomic mass is 10.2. The molecule has 0 aliphatic rings. The van der Waals surface area contributed by atoms with Crippen LogP contribution in [0.15, 0.2) is 28.7 Å². The van der Waals surface area contributed by atoms with Crippen molar-refractivity contribution in [3.05, 3.63) is 34.3 Å². The van der Waals surface area contributed by atoms with Crippen LogP contribution >= 0.6 is 15.9 Å². The molecule has 2 amide bonds. The molecule has 1 aromatic carbocycles. The van der Waals surface area contributed by atoms with Crippen molar-refractivity contribution in [1.82, 2.24) is 10.9 Å². The molecule has 0 radical (unpaired) electrons. The van der Waals surface area contributed by atoms with Crippen LogP contribution in [0.4, 0.5) is 0 Å². The van der Waals surface area contributed by atoms with Crippen molar-refractivity contribution in [1.29, 1.82) is 0 Å². The number of hydrazine groups is 1. The van der Waals surface area contributed by atoms with Crippen molar-refractivity contribution in [2.24, 2.45) is 0 Å². The van der Waals surface area contributed by atoms with Gasteiger partial charge in [-0.2, -0.15) is 0 Å². The van der Waals surface area contributed by atoms with E-state index < -0.39 is 17.8 Å². The predicted molar refractivity (Wildman–Crippen MR) is 71.2 cm³/mol. The molecule has 0 saturated carbocycles. The topological polar surface area (TPSA) is 95.5 Å². The molecule has 3 N–H and O–H groups in total. The van der Waals surface area contributed by atoms with E-state index in [4.69, 9.17) is 5.11 Å². The number of carbonyl (C=O) groups is 3. The minimum atomic E-state index is -0.952. The number of carboxylic acids is 1. The number of aliphatic carboxylic acids is 1. The first-order valence-electron chi connectivity index (χ1n) is 5.55. The van der Waals surface area contributed by atoms with Gasteiger partial charge in [0.25, 0.3) is 5.91 Å². The Morgan fingerprint density at radius 1 is 1.05 bits per heavy atom. The van der Waals surface area contributed by atoms with Gasteiger partial charge in [0.05, 0.1) is 0 Å². The summed E-state index contributed by atoms with van der Waals surface area (Å²) in [5, 5.41) is 8.41. The third-order valence-electron chi connectivity index (χ3n) is 2.22. The van der Waals surface area contributed by atoms with Crippen LogP contribution in [-0.4, -0.2) is 22.9 Å². The fourth-order valence-electron chi connectivity index (χ4n) is 1.26. The molecule has 1 aromatic rings. The predicted octanol–water partition coefficient (Wildman–Crippen LogP) is 1.47. The summed E-state index contributed by atoms with van der Waals surface area (Å²) in [4.78, 5) is 33.1. The zero-order valence-corrected chi connectivity index (χ0v) is 11.6. The van der Waals surface area contributed by atoms with E-state index in [1.807, 2.05) is 0 Å². The van der Waals surface area contributed by atoms with Crippen LogP contribution < -0.4 is 10.9 Å². The molecule has 0 aliphatic heterocycles. The summed E-state index contributed by atoms with van der Waals surface area (Å²) in [6.45, 7) is 0. The Bertz CT molecular complexity index is 473. The summed E-state index contributed by atoms with van der Waals surface area (Å²) < 4.78 is 0.849. The van der Waals surface area contributed by atoms with Gasteiger partial charge in [-0.25, -0.2) is 0 Å². The summed E-state index contributed by atoms with van der Waals surface area (Å²) in [5.41, 5.74) is 4.89. The van der Waals surface area contributed by atoms with E-state index in [0.717, 1.165) is 4.47 Å². The summed E-state index contributed by atoms with van der Waals surface area (Å²) >= 11 is 3.25. The molecule has 0 fully saturated rings. The number of rotatable bonds is 5. The monoisotopic (exact) mass is 328 g/mol. The van der Waals surface area contributed by atoms with Gasteiger partial charge in [-0.1, -0.05) is 15.9 Å². The fourth-order valence-corrected chi connectivity index (χ4v) is 1.53. The molecule has 0 atom stereocenters. The van der Waals surface area contributed by atoms with Crippen LogP contribution in [-0.2, 0) is 9.59 Å². The maximum absolute atomic E-state index is 11.6. The van der Waals surface area contributed by atoms with Gasteiger partial charge in [0, 0.05) is 22.9 Å². The zero-order chi connectivity index (χ0) is 14.3. The molecule has 0 spiro atoms. The summed E-state index contributed by atoms with van der Waals surface area (Å²) in [5.74, 6) is -1.81. The number of hydrogen-bond donors (Lipinski definition) is 3. The average molecular weight is 329 g/mol. The van der Waals surface area contributed by atoms with Crippen LogP contribution in [0.2, 0.25) is 0 Å². The number of benzene rings is 1. The molecule has 6 nitrogen and oxygen atoms in total. The number of halogens is 1. The first-order valence-corrected chi connectivity index (χ1v) is 6.35. The molecular formula is C12H13BrN2O4. The first kappa shape index (κ1) is 15.2. The maximum Gasteiger partial charge on any atom is 0.303 e. The second kappa shape index (κ2) is 7.52. The fraction of sp³-hybridized carbons (Fsp3) is 0.250. The van der Waals surface area contributed by atoms with Crippen LogP contribution in [0.5, 0.6) is 0 Å². The molecule has 0 aliphatic carbocycles. The van der Waals surface area contributed by atoms with Crippen molar-refractivity contribution in [2.75, 3.05) is 0 Å². The average Bonchev–Trinajstić information content (AvgIpc) is 2.36. The van der Waals surface area contributed by atoms with Crippen molar-refractivity contribution in [3.8, 4) is 0 Å². The molecule has 0 aromatic heterocycles. The van der Waals surface area contributed by atoms with E-state index in [1.54, 1.807) is 24.3 Å². The Morgan fingerprint density at radius 3 is 2.26 bits per heavy atom. The van der Waals surface area contributed by atoms with Gasteiger partial charge in [0.2, 0.25) is 5.91 Å². The molecule has 102 valence electrons. The Kier molecular flexibility index (Phi) is 6.01. The van der Waals surface area contributed by atoms with Crippen molar-refractivity contribution >= 4 is 33.7 Å². The SMILES string of the molecule is O=C(O)CCCC(=O)NNC(=O)c1ccc(Br)cc1. The lowest BCUT2D eigenvalue weighted by Gasteiger charge is -2.07. The normalized spacial score (nSPS) is 9.74. The molecule has 0 saturated heterocycles. The molecule has 7 heteroatoms. The van der Waals surface area contributed by atoms with Crippen molar-refractivity contribution in [2.45, 2.75) is 19.3 Å². The highest BCUT2D eigenvalue weighted by Crippen LogP contribution is 2.10. The maximum atomic E-state index is 11.6. The van der Waals surface area contributed by atoms with Gasteiger partial charge in [0.1, 0.15) is 0 Å². The van der Waals surface area contributed by atoms with Crippen LogP contribution in [0.3, 0.4) is 0 Å². The molecule has 19 heavy (non-hydrogen) atoms. The highest BCUT2D eigenvalue weighted by molar-refractivity contribution is 9.10. The van der Waals surface area contributed by atoms with Gasteiger partial charge >= 0.3 is 5.97 Å². The number of amides is 2. The quantitative estimate of drug-likeness (QED) is 0.713. The summed E-state index contributed by atoms with van der Waals surface area (Å²) in [6, 6.07) is 6.64. The number of nitrogens with one attached hydrogen (secondary N) is 2. The second-order valence-electron chi connectivity index (χ2n) is 3.76. The largest absolute Gasteiger partial charge is 0.481 e. The van der Waals surface area contributed by atoms with Gasteiger partial charge < -0.3 is 5.11 Å². The standard InChI is InChI=1S/C12H13BrN2O4/c13-9-6-4-8(5-7-9)12(19)15-14-10(16)2-1-3-11(17)18/h4-7H,1-3H2,(H,14,16)(H,15,19)(H,17,18). The number of carbonyl (C=O) groups excluding carboxylic acids is 2. The van der Waals surface area contributed by atoms with Gasteiger partial charge in [-0.15, -0.1) is 0 Å². The molecule has 1 rings (SSSR count). The minimum Gasteiger partial charge on any atom is -0.481 e. The minimum absolute atomic E-state index is 0.0485. The first-order chi connectivity index (χ1) is 8.99. The highest BCUT2D eigenvalue weighted by atomic mass is 79.9. The molecule has 0 unspecified atom stereocenters. The lowest BCUT2D eigenvalue weighted by molar-refractivity contribution is -0.137. The third-order valence-corrected chi connectivity index (χ3v) is 2.75. The van der Waals surface area contributed by atoms with Crippen LogP contribution in [0.1, 0.15) is 29.6 Å². The van der Waals surface area contributed by atoms with E-state index in [9.17, 15) is 14.4 Å². The Hall–Kier alpha value is -1.89. The van der Waals surface area contributed by atoms with Crippen molar-refractivity contribution < 1.29 is 19.5 Å². The molecule has 0 bridgehead atoms. The Labute approximate surface area is 118 Å². The lowest BCUT2D eigenvalue weighted by Crippen LogP contribution is -2.41. The summed E-state index contributed by atoms with van der Waals surface area (Å²) in [7, 11) is 0. The molecule has 0 heterocycles. The van der Waals surface area contributed by atoms with Gasteiger partial charge in [0.15, 0.2) is 0 Å². The number of hydrogen-bond acceptors (Lipinski definition) is 3. The molecular weight excluding hydrogens is 316 g/mol. The smallest absolute Gasteiger partial charge is 0.303 e. The summed E-state index contributed by atoms with van der Waals surface area (Å²) in [6.07, 6.45) is 0.205. The third kappa shape index (κ3) is 6.01. The van der Waals surface area contributed by atoms with E-state index >= 15 is 0 Å².